The maximum Gasteiger partial charge on any atom is 0.263 e. The summed E-state index contributed by atoms with van der Waals surface area (Å²) in [5.41, 5.74) is 0. The molecule has 0 bridgehead atoms. The van der Waals surface area contributed by atoms with Crippen LogP contribution in [0.1, 0.15) is 0 Å². The van der Waals surface area contributed by atoms with Crippen molar-refractivity contribution in [3.63, 3.8) is 0 Å². The summed E-state index contributed by atoms with van der Waals surface area (Å²) >= 11 is 3.47. The highest BCUT2D eigenvalue weighted by atomic mass is 35.5. The lowest BCUT2D eigenvalue weighted by Gasteiger charge is -1.73. The van der Waals surface area contributed by atoms with Crippen LogP contribution in [0.3, 0.4) is 0 Å². The second kappa shape index (κ2) is 5.02. The summed E-state index contributed by atoms with van der Waals surface area (Å²) in [7, 11) is -3.83. The van der Waals surface area contributed by atoms with E-state index in [1.807, 2.05) is 0 Å². The van der Waals surface area contributed by atoms with Crippen LogP contribution in [-0.4, -0.2) is 13.3 Å². The van der Waals surface area contributed by atoms with E-state index in [4.69, 9.17) is 13.3 Å². The zero-order valence-corrected chi connectivity index (χ0v) is 6.20. The molecule has 0 heterocycles. The smallest absolute Gasteiger partial charge is 0.263 e. The largest absolute Gasteiger partial charge is 0.285 e. The Bertz CT molecular complexity index is 94.1. The van der Waals surface area contributed by atoms with Crippen molar-refractivity contribution >= 4 is 45.1 Å². The predicted molar refractivity (Wildman–Crippen MR) is 35.3 cm³/mol. The molecular formula is H4Cl2O3S2. The molecule has 3 nitrogen and oxygen atoms in total. The third-order valence-corrected chi connectivity index (χ3v) is 0. The molecule has 0 radical (unpaired) electrons. The van der Waals surface area contributed by atoms with Gasteiger partial charge >= 0.3 is 0 Å². The summed E-state index contributed by atoms with van der Waals surface area (Å²) in [6, 6.07) is 0. The van der Waals surface area contributed by atoms with Crippen LogP contribution in [0.5, 0.6) is 0 Å². The van der Waals surface area contributed by atoms with Crippen molar-refractivity contribution in [3.05, 3.63) is 0 Å². The number of rotatable bonds is 0. The highest BCUT2D eigenvalue weighted by molar-refractivity contribution is 8.26. The minimum Gasteiger partial charge on any atom is -0.285 e. The van der Waals surface area contributed by atoms with E-state index >= 15 is 0 Å². The monoisotopic (exact) mass is 186 g/mol. The maximum absolute atomic E-state index is 9.11. The van der Waals surface area contributed by atoms with Gasteiger partial charge in [0.2, 0.25) is 0 Å². The molecule has 0 aromatic heterocycles. The van der Waals surface area contributed by atoms with Crippen molar-refractivity contribution < 1.29 is 13.3 Å². The molecular weight excluding hydrogens is 183 g/mol. The lowest BCUT2D eigenvalue weighted by atomic mass is 15.8. The Labute approximate surface area is 58.6 Å². The van der Waals surface area contributed by atoms with E-state index in [1.165, 1.54) is 0 Å². The Balaban J connectivity index is -0.0000000800. The second-order valence-corrected chi connectivity index (χ2v) is 2.65. The Morgan fingerprint density at radius 2 is 1.29 bits per heavy atom. The topological polar surface area (TPSA) is 57.5 Å². The van der Waals surface area contributed by atoms with Crippen molar-refractivity contribution in [2.45, 2.75) is 0 Å². The van der Waals surface area contributed by atoms with Gasteiger partial charge in [-0.05, 0) is 0 Å². The van der Waals surface area contributed by atoms with E-state index in [0.717, 1.165) is 0 Å². The molecule has 0 aliphatic heterocycles. The summed E-state index contributed by atoms with van der Waals surface area (Å²) in [4.78, 5) is 0. The molecule has 0 aliphatic carbocycles. The normalized spacial score (nSPS) is 8.29. The molecule has 0 aromatic rings. The van der Waals surface area contributed by atoms with E-state index in [1.54, 1.807) is 0 Å². The van der Waals surface area contributed by atoms with Crippen molar-refractivity contribution in [1.82, 2.24) is 0 Å². The zero-order chi connectivity index (χ0) is 4.50. The van der Waals surface area contributed by atoms with E-state index in [9.17, 15) is 0 Å². The highest BCUT2D eigenvalue weighted by Crippen LogP contribution is 1.62. The first-order chi connectivity index (χ1) is 2.00. The number of hydrogen-bond acceptors (Lipinski definition) is 2. The summed E-state index contributed by atoms with van der Waals surface area (Å²) in [5.74, 6) is 0. The molecule has 7 heteroatoms. The fourth-order valence-corrected chi connectivity index (χ4v) is 0. The maximum atomic E-state index is 9.11. The lowest BCUT2D eigenvalue weighted by molar-refractivity contribution is 0.450. The minimum atomic E-state index is -3.83. The molecule has 0 saturated heterocycles. The van der Waals surface area contributed by atoms with Crippen molar-refractivity contribution in [2.24, 2.45) is 0 Å². The van der Waals surface area contributed by atoms with Gasteiger partial charge in [0.05, 0.1) is 0 Å². The standard InChI is InChI=1S/2ClH.H2O3S2/c;;1-5(2,3)4/h2*1H;(H2,1,2,3,4). The van der Waals surface area contributed by atoms with Gasteiger partial charge in [-0.2, -0.15) is 4.21 Å². The summed E-state index contributed by atoms with van der Waals surface area (Å²) in [5, 5.41) is 0. The van der Waals surface area contributed by atoms with Crippen LogP contribution in [0, 0.1) is 0 Å². The van der Waals surface area contributed by atoms with Gasteiger partial charge in [0.15, 0.2) is 0 Å². The zero-order valence-electron chi connectivity index (χ0n) is 2.94. The molecule has 0 spiro atoms. The van der Waals surface area contributed by atoms with E-state index in [-0.39, 0.29) is 24.8 Å². The molecule has 0 unspecified atom stereocenters. The summed E-state index contributed by atoms with van der Waals surface area (Å²) in [6.45, 7) is 0. The molecule has 0 amide bonds. The van der Waals surface area contributed by atoms with Crippen molar-refractivity contribution in [2.75, 3.05) is 0 Å². The Morgan fingerprint density at radius 3 is 1.29 bits per heavy atom. The third-order valence-electron chi connectivity index (χ3n) is 0. The van der Waals surface area contributed by atoms with Gasteiger partial charge in [-0.3, -0.25) is 9.11 Å². The Kier molecular flexibility index (Phi) is 11.2. The molecule has 0 aromatic carbocycles. The van der Waals surface area contributed by atoms with Crippen LogP contribution in [0.2, 0.25) is 0 Å². The Hall–Kier alpha value is 0.870. The number of hydrogen-bond donors (Lipinski definition) is 2. The first-order valence-electron chi connectivity index (χ1n) is 0.698. The summed E-state index contributed by atoms with van der Waals surface area (Å²) in [6.07, 6.45) is 0. The van der Waals surface area contributed by atoms with Crippen LogP contribution >= 0.6 is 24.8 Å². The molecule has 0 aliphatic rings. The predicted octanol–water partition coefficient (Wildman–Crippen LogP) is 0.522. The molecule has 0 fully saturated rings. The molecule has 2 N–H and O–H groups in total. The molecule has 0 saturated carbocycles. The van der Waals surface area contributed by atoms with Gasteiger partial charge in [0, 0.05) is 11.2 Å². The van der Waals surface area contributed by atoms with Crippen molar-refractivity contribution in [3.8, 4) is 0 Å². The van der Waals surface area contributed by atoms with Crippen molar-refractivity contribution in [1.29, 1.82) is 0 Å². The van der Waals surface area contributed by atoms with E-state index in [0.29, 0.717) is 0 Å². The van der Waals surface area contributed by atoms with Gasteiger partial charge < -0.3 is 0 Å². The fourth-order valence-electron chi connectivity index (χ4n) is 0. The van der Waals surface area contributed by atoms with Gasteiger partial charge in [-0.25, -0.2) is 0 Å². The quantitative estimate of drug-likeness (QED) is 0.580. The van der Waals surface area contributed by atoms with Gasteiger partial charge in [-0.1, -0.05) is 0 Å². The van der Waals surface area contributed by atoms with Gasteiger partial charge in [-0.15, -0.1) is 24.8 Å². The average molecular weight is 187 g/mol. The van der Waals surface area contributed by atoms with Gasteiger partial charge in [0.25, 0.3) is 9.05 Å². The summed E-state index contributed by atoms with van der Waals surface area (Å²) < 4.78 is 24.0. The van der Waals surface area contributed by atoms with E-state index in [2.05, 4.69) is 11.2 Å². The fraction of sp³-hybridized carbons (Fsp3) is 0. The lowest BCUT2D eigenvalue weighted by Crippen LogP contribution is -1.86. The highest BCUT2D eigenvalue weighted by Gasteiger charge is 1.78. The van der Waals surface area contributed by atoms with Crippen LogP contribution in [-0.2, 0) is 20.2 Å². The van der Waals surface area contributed by atoms with Gasteiger partial charge in [0.1, 0.15) is 0 Å². The Morgan fingerprint density at radius 1 is 1.29 bits per heavy atom. The van der Waals surface area contributed by atoms with Crippen LogP contribution in [0.4, 0.5) is 0 Å². The molecule has 0 atom stereocenters. The first kappa shape index (κ1) is 15.7. The molecule has 7 heavy (non-hydrogen) atoms. The first-order valence-corrected chi connectivity index (χ1v) is 3.10. The minimum absolute atomic E-state index is 0. The molecule has 0 rings (SSSR count). The second-order valence-electron chi connectivity index (χ2n) is 0.448. The average Bonchev–Trinajstić information content (AvgIpc) is 0.722. The van der Waals surface area contributed by atoms with Crippen LogP contribution in [0.15, 0.2) is 0 Å². The molecule has 48 valence electrons. The van der Waals surface area contributed by atoms with Crippen LogP contribution < -0.4 is 0 Å². The third kappa shape index (κ3) is 215. The SMILES string of the molecule is Cl.Cl.O=S(O)(O)=S. The number of halogens is 2. The van der Waals surface area contributed by atoms with E-state index < -0.39 is 9.05 Å². The van der Waals surface area contributed by atoms with Crippen LogP contribution in [0.25, 0.3) is 0 Å².